The van der Waals surface area contributed by atoms with Gasteiger partial charge in [0.2, 0.25) is 10.0 Å². The lowest BCUT2D eigenvalue weighted by Gasteiger charge is -2.23. The summed E-state index contributed by atoms with van der Waals surface area (Å²) in [4.78, 5) is 25.2. The van der Waals surface area contributed by atoms with Crippen LogP contribution in [0.5, 0.6) is 0 Å². The second-order valence-corrected chi connectivity index (χ2v) is 13.2. The molecule has 0 bridgehead atoms. The van der Waals surface area contributed by atoms with Crippen LogP contribution in [0.1, 0.15) is 53.2 Å². The van der Waals surface area contributed by atoms with Gasteiger partial charge in [-0.3, -0.25) is 4.79 Å². The summed E-state index contributed by atoms with van der Waals surface area (Å²) in [7, 11) is -3.51. The third kappa shape index (κ3) is 9.45. The average molecular weight is 597 g/mol. The number of rotatable bonds is 16. The smallest absolute Gasteiger partial charge is 0.326 e. The lowest BCUT2D eigenvalue weighted by molar-refractivity contribution is -0.139. The quantitative estimate of drug-likeness (QED) is 0.218. The minimum absolute atomic E-state index is 0.0794. The van der Waals surface area contributed by atoms with E-state index in [1.165, 1.54) is 16.1 Å². The van der Waals surface area contributed by atoms with E-state index in [9.17, 15) is 23.1 Å². The van der Waals surface area contributed by atoms with Gasteiger partial charge in [0.15, 0.2) is 0 Å². The first-order valence-electron chi connectivity index (χ1n) is 13.9. The maximum atomic E-state index is 13.4. The molecule has 0 fully saturated rings. The number of aryl methyl sites for hydroxylation is 1. The summed E-state index contributed by atoms with van der Waals surface area (Å²) in [6.45, 7) is 4.43. The molecule has 220 valence electrons. The molecular formula is C32H40N2O5S2. The van der Waals surface area contributed by atoms with Gasteiger partial charge in [-0.05, 0) is 78.1 Å². The van der Waals surface area contributed by atoms with Crippen LogP contribution in [-0.4, -0.2) is 60.1 Å². The van der Waals surface area contributed by atoms with E-state index in [0.717, 1.165) is 28.7 Å². The number of sulfonamides is 1. The summed E-state index contributed by atoms with van der Waals surface area (Å²) in [6, 6.07) is 21.8. The van der Waals surface area contributed by atoms with Gasteiger partial charge in [-0.25, -0.2) is 13.2 Å². The number of carboxylic acid groups (broad SMARTS) is 1. The Bertz CT molecular complexity index is 1410. The van der Waals surface area contributed by atoms with E-state index in [1.54, 1.807) is 12.1 Å². The summed E-state index contributed by atoms with van der Waals surface area (Å²) in [5.74, 6) is -0.866. The van der Waals surface area contributed by atoms with Crippen molar-refractivity contribution in [1.29, 1.82) is 0 Å². The molecule has 0 spiro atoms. The van der Waals surface area contributed by atoms with Crippen LogP contribution in [-0.2, 0) is 27.8 Å². The van der Waals surface area contributed by atoms with Gasteiger partial charge in [-0.15, -0.1) is 0 Å². The van der Waals surface area contributed by atoms with Crippen molar-refractivity contribution in [3.05, 3.63) is 95.1 Å². The number of thioether (sulfide) groups is 1. The largest absolute Gasteiger partial charge is 0.480 e. The molecule has 3 aromatic carbocycles. The number of hydrogen-bond acceptors (Lipinski definition) is 5. The van der Waals surface area contributed by atoms with Crippen molar-refractivity contribution in [2.24, 2.45) is 0 Å². The molecule has 0 aliphatic rings. The van der Waals surface area contributed by atoms with E-state index in [4.69, 9.17) is 0 Å². The highest BCUT2D eigenvalue weighted by Gasteiger charge is 2.25. The van der Waals surface area contributed by atoms with Crippen LogP contribution in [0.15, 0.2) is 72.8 Å². The summed E-state index contributed by atoms with van der Waals surface area (Å²) in [6.07, 6.45) is 4.15. The average Bonchev–Trinajstić information content (AvgIpc) is 2.96. The predicted molar refractivity (Wildman–Crippen MR) is 168 cm³/mol. The van der Waals surface area contributed by atoms with E-state index in [-0.39, 0.29) is 12.3 Å². The molecule has 3 rings (SSSR count). The fourth-order valence-electron chi connectivity index (χ4n) is 4.59. The second-order valence-electron chi connectivity index (χ2n) is 10.1. The van der Waals surface area contributed by atoms with Crippen molar-refractivity contribution in [2.45, 2.75) is 52.1 Å². The van der Waals surface area contributed by atoms with Gasteiger partial charge in [-0.1, -0.05) is 74.0 Å². The first-order valence-corrected chi connectivity index (χ1v) is 16.9. The first-order chi connectivity index (χ1) is 19.7. The fraction of sp³-hybridized carbons (Fsp3) is 0.375. The maximum Gasteiger partial charge on any atom is 0.326 e. The monoisotopic (exact) mass is 596 g/mol. The zero-order valence-electron chi connectivity index (χ0n) is 24.0. The fourth-order valence-corrected chi connectivity index (χ4v) is 6.69. The van der Waals surface area contributed by atoms with Gasteiger partial charge in [-0.2, -0.15) is 16.1 Å². The van der Waals surface area contributed by atoms with Crippen molar-refractivity contribution in [3.63, 3.8) is 0 Å². The van der Waals surface area contributed by atoms with Gasteiger partial charge < -0.3 is 10.4 Å². The minimum atomic E-state index is -3.51. The lowest BCUT2D eigenvalue weighted by atomic mass is 9.93. The summed E-state index contributed by atoms with van der Waals surface area (Å²) in [5.41, 5.74) is 4.59. The number of unbranched alkanes of at least 4 members (excludes halogenated alkanes) is 1. The Morgan fingerprint density at radius 2 is 1.68 bits per heavy atom. The Morgan fingerprint density at radius 1 is 0.976 bits per heavy atom. The minimum Gasteiger partial charge on any atom is -0.480 e. The Morgan fingerprint density at radius 3 is 2.34 bits per heavy atom. The normalized spacial score (nSPS) is 12.3. The van der Waals surface area contributed by atoms with Gasteiger partial charge in [0, 0.05) is 18.7 Å². The Balaban J connectivity index is 1.98. The summed E-state index contributed by atoms with van der Waals surface area (Å²) in [5, 5.41) is 12.3. The number of carboxylic acids is 1. The molecule has 41 heavy (non-hydrogen) atoms. The molecule has 0 heterocycles. The highest BCUT2D eigenvalue weighted by atomic mass is 32.2. The number of carbonyl (C=O) groups excluding carboxylic acids is 1. The highest BCUT2D eigenvalue weighted by molar-refractivity contribution is 7.98. The van der Waals surface area contributed by atoms with Gasteiger partial charge >= 0.3 is 5.97 Å². The Kier molecular flexibility index (Phi) is 12.4. The molecule has 3 aromatic rings. The molecule has 0 aliphatic heterocycles. The summed E-state index contributed by atoms with van der Waals surface area (Å²) >= 11 is 1.52. The SMILES string of the molecule is CCCCS(=O)(=O)N(CCc1ccccc1)Cc1ccc(C(=O)N[C@H](CCSC)C(=O)O)c(-c2ccccc2C)c1. The molecule has 0 radical (unpaired) electrons. The third-order valence-electron chi connectivity index (χ3n) is 6.98. The van der Waals surface area contributed by atoms with Crippen LogP contribution in [0.2, 0.25) is 0 Å². The molecule has 9 heteroatoms. The molecule has 0 aromatic heterocycles. The maximum absolute atomic E-state index is 13.4. The van der Waals surface area contributed by atoms with Crippen molar-refractivity contribution >= 4 is 33.7 Å². The molecular weight excluding hydrogens is 556 g/mol. The predicted octanol–water partition coefficient (Wildman–Crippen LogP) is 5.77. The lowest BCUT2D eigenvalue weighted by Crippen LogP contribution is -2.41. The first kappa shape index (κ1) is 32.4. The van der Waals surface area contributed by atoms with E-state index in [2.05, 4.69) is 5.32 Å². The van der Waals surface area contributed by atoms with Gasteiger partial charge in [0.05, 0.1) is 5.75 Å². The number of nitrogens with zero attached hydrogens (tertiary/aromatic N) is 1. The van der Waals surface area contributed by atoms with Crippen LogP contribution < -0.4 is 5.32 Å². The molecule has 0 unspecified atom stereocenters. The molecule has 7 nitrogen and oxygen atoms in total. The molecule has 1 amide bonds. The van der Waals surface area contributed by atoms with E-state index < -0.39 is 27.9 Å². The topological polar surface area (TPSA) is 104 Å². The number of benzene rings is 3. The van der Waals surface area contributed by atoms with Crippen molar-refractivity contribution in [3.8, 4) is 11.1 Å². The number of nitrogens with one attached hydrogen (secondary N) is 1. The number of aliphatic carboxylic acids is 1. The van der Waals surface area contributed by atoms with E-state index in [1.807, 2.05) is 80.8 Å². The Labute approximate surface area is 248 Å². The molecule has 0 saturated carbocycles. The van der Waals surface area contributed by atoms with Crippen molar-refractivity contribution in [1.82, 2.24) is 9.62 Å². The number of amides is 1. The van der Waals surface area contributed by atoms with Gasteiger partial charge in [0.1, 0.15) is 6.04 Å². The third-order valence-corrected chi connectivity index (χ3v) is 9.53. The van der Waals surface area contributed by atoms with E-state index >= 15 is 0 Å². The van der Waals surface area contributed by atoms with Crippen LogP contribution in [0, 0.1) is 6.92 Å². The zero-order valence-corrected chi connectivity index (χ0v) is 25.6. The Hall–Kier alpha value is -3.14. The van der Waals surface area contributed by atoms with Crippen molar-refractivity contribution in [2.75, 3.05) is 24.3 Å². The number of hydrogen-bond donors (Lipinski definition) is 2. The molecule has 0 saturated heterocycles. The van der Waals surface area contributed by atoms with Crippen LogP contribution in [0.3, 0.4) is 0 Å². The second kappa shape index (κ2) is 15.7. The van der Waals surface area contributed by atoms with Crippen LogP contribution in [0.25, 0.3) is 11.1 Å². The summed E-state index contributed by atoms with van der Waals surface area (Å²) < 4.78 is 28.3. The number of carbonyl (C=O) groups is 2. The van der Waals surface area contributed by atoms with E-state index in [0.29, 0.717) is 42.7 Å². The molecule has 1 atom stereocenters. The zero-order chi connectivity index (χ0) is 29.8. The standard InChI is InChI=1S/C32H40N2O5S2/c1-4-5-21-41(38,39)34(19-17-25-12-7-6-8-13-25)23-26-15-16-28(29(22-26)27-14-10-9-11-24(27)2)31(35)33-30(32(36)37)18-20-40-3/h6-16,22,30H,4-5,17-21,23H2,1-3H3,(H,33,35)(H,36,37)/t30-/m1/s1. The molecule has 0 aliphatic carbocycles. The highest BCUT2D eigenvalue weighted by Crippen LogP contribution is 2.29. The van der Waals surface area contributed by atoms with Crippen LogP contribution in [0.4, 0.5) is 0 Å². The molecule has 2 N–H and O–H groups in total. The van der Waals surface area contributed by atoms with Crippen molar-refractivity contribution < 1.29 is 23.1 Å². The van der Waals surface area contributed by atoms with Gasteiger partial charge in [0.25, 0.3) is 5.91 Å². The van der Waals surface area contributed by atoms with Crippen LogP contribution >= 0.6 is 11.8 Å².